The third kappa shape index (κ3) is 4.02. The number of benzene rings is 2. The van der Waals surface area contributed by atoms with Crippen molar-refractivity contribution in [1.29, 1.82) is 0 Å². The summed E-state index contributed by atoms with van der Waals surface area (Å²) in [5.74, 6) is 0.678. The molecule has 0 N–H and O–H groups in total. The topological polar surface area (TPSA) is 63.0 Å². The van der Waals surface area contributed by atoms with Gasteiger partial charge in [-0.2, -0.15) is 0 Å². The molecular weight excluding hydrogens is 404 g/mol. The largest absolute Gasteiger partial charge is 0.491 e. The quantitative estimate of drug-likeness (QED) is 0.524. The summed E-state index contributed by atoms with van der Waals surface area (Å²) in [6, 6.07) is 14.3. The molecule has 6 heteroatoms. The SMILES string of the molecule is CCN(CC)CCN1C(=O)c2oc3ccccc3c(=O)c2[C@@H]1c1ccc(OC(C)C)cc1. The lowest BCUT2D eigenvalue weighted by atomic mass is 9.98. The maximum Gasteiger partial charge on any atom is 0.290 e. The average Bonchev–Trinajstić information content (AvgIpc) is 3.07. The lowest BCUT2D eigenvalue weighted by Gasteiger charge is -2.28. The molecule has 3 aromatic rings. The molecule has 0 radical (unpaired) electrons. The highest BCUT2D eigenvalue weighted by Gasteiger charge is 2.42. The summed E-state index contributed by atoms with van der Waals surface area (Å²) >= 11 is 0. The molecule has 0 spiro atoms. The molecule has 6 nitrogen and oxygen atoms in total. The number of fused-ring (bicyclic) bond motifs is 2. The van der Waals surface area contributed by atoms with Crippen molar-refractivity contribution in [2.75, 3.05) is 26.2 Å². The molecule has 2 aromatic carbocycles. The number of likely N-dealkylation sites (N-methyl/N-ethyl adjacent to an activating group) is 1. The Hall–Kier alpha value is -3.12. The van der Waals surface area contributed by atoms with E-state index in [9.17, 15) is 9.59 Å². The maximum atomic E-state index is 13.5. The Morgan fingerprint density at radius 2 is 1.72 bits per heavy atom. The highest BCUT2D eigenvalue weighted by atomic mass is 16.5. The van der Waals surface area contributed by atoms with Crippen molar-refractivity contribution in [3.8, 4) is 5.75 Å². The van der Waals surface area contributed by atoms with Crippen molar-refractivity contribution in [3.05, 3.63) is 75.6 Å². The fourth-order valence-electron chi connectivity index (χ4n) is 4.33. The number of ether oxygens (including phenoxy) is 1. The summed E-state index contributed by atoms with van der Waals surface area (Å²) in [7, 11) is 0. The average molecular weight is 435 g/mol. The van der Waals surface area contributed by atoms with Crippen LogP contribution in [0.2, 0.25) is 0 Å². The van der Waals surface area contributed by atoms with E-state index in [4.69, 9.17) is 9.15 Å². The number of nitrogens with zero attached hydrogens (tertiary/aromatic N) is 2. The van der Waals surface area contributed by atoms with E-state index in [1.807, 2.05) is 44.2 Å². The van der Waals surface area contributed by atoms with Gasteiger partial charge in [0.1, 0.15) is 11.3 Å². The molecule has 1 amide bonds. The maximum absolute atomic E-state index is 13.5. The van der Waals surface area contributed by atoms with Crippen LogP contribution in [-0.2, 0) is 0 Å². The number of hydrogen-bond acceptors (Lipinski definition) is 5. The summed E-state index contributed by atoms with van der Waals surface area (Å²) in [5.41, 5.74) is 1.59. The van der Waals surface area contributed by atoms with Gasteiger partial charge >= 0.3 is 0 Å². The molecule has 168 valence electrons. The molecule has 4 rings (SSSR count). The summed E-state index contributed by atoms with van der Waals surface area (Å²) in [4.78, 5) is 30.9. The van der Waals surface area contributed by atoms with Gasteiger partial charge in [0, 0.05) is 13.1 Å². The molecule has 2 heterocycles. The molecule has 1 aromatic heterocycles. The van der Waals surface area contributed by atoms with E-state index in [0.717, 1.165) is 30.9 Å². The van der Waals surface area contributed by atoms with E-state index in [2.05, 4.69) is 18.7 Å². The van der Waals surface area contributed by atoms with Crippen LogP contribution in [0.1, 0.15) is 55.4 Å². The van der Waals surface area contributed by atoms with Gasteiger partial charge in [-0.25, -0.2) is 0 Å². The Morgan fingerprint density at radius 1 is 1.03 bits per heavy atom. The van der Waals surface area contributed by atoms with Crippen molar-refractivity contribution >= 4 is 16.9 Å². The Balaban J connectivity index is 1.80. The van der Waals surface area contributed by atoms with E-state index in [-0.39, 0.29) is 23.2 Å². The van der Waals surface area contributed by atoms with E-state index in [1.54, 1.807) is 23.1 Å². The van der Waals surface area contributed by atoms with Gasteiger partial charge in [0.15, 0.2) is 5.43 Å². The molecule has 1 aliphatic heterocycles. The molecule has 0 unspecified atom stereocenters. The molecule has 32 heavy (non-hydrogen) atoms. The number of para-hydroxylation sites is 1. The van der Waals surface area contributed by atoms with Crippen LogP contribution in [0.15, 0.2) is 57.7 Å². The lowest BCUT2D eigenvalue weighted by Crippen LogP contribution is -2.37. The van der Waals surface area contributed by atoms with Crippen molar-refractivity contribution in [1.82, 2.24) is 9.80 Å². The lowest BCUT2D eigenvalue weighted by molar-refractivity contribution is 0.0708. The van der Waals surface area contributed by atoms with E-state index in [0.29, 0.717) is 23.1 Å². The van der Waals surface area contributed by atoms with Gasteiger partial charge < -0.3 is 19.0 Å². The van der Waals surface area contributed by atoms with Gasteiger partial charge in [-0.15, -0.1) is 0 Å². The summed E-state index contributed by atoms with van der Waals surface area (Å²) in [6.45, 7) is 11.2. The number of rotatable bonds is 8. The van der Waals surface area contributed by atoms with Crippen LogP contribution in [-0.4, -0.2) is 48.0 Å². The molecule has 0 aliphatic carbocycles. The van der Waals surface area contributed by atoms with Crippen LogP contribution in [0.3, 0.4) is 0 Å². The van der Waals surface area contributed by atoms with Crippen molar-refractivity contribution in [2.24, 2.45) is 0 Å². The Labute approximate surface area is 188 Å². The van der Waals surface area contributed by atoms with Gasteiger partial charge in [-0.3, -0.25) is 9.59 Å². The Morgan fingerprint density at radius 3 is 2.38 bits per heavy atom. The number of carbonyl (C=O) groups is 1. The van der Waals surface area contributed by atoms with Gasteiger partial charge in [0.2, 0.25) is 5.76 Å². The Bertz CT molecular complexity index is 1160. The van der Waals surface area contributed by atoms with Gasteiger partial charge in [-0.1, -0.05) is 38.1 Å². The predicted molar refractivity (Wildman–Crippen MR) is 125 cm³/mol. The minimum Gasteiger partial charge on any atom is -0.491 e. The fourth-order valence-corrected chi connectivity index (χ4v) is 4.33. The summed E-state index contributed by atoms with van der Waals surface area (Å²) in [6.07, 6.45) is 0.0682. The first-order valence-electron chi connectivity index (χ1n) is 11.3. The zero-order chi connectivity index (χ0) is 22.8. The molecule has 0 bridgehead atoms. The highest BCUT2D eigenvalue weighted by Crippen LogP contribution is 2.38. The van der Waals surface area contributed by atoms with Crippen LogP contribution in [0.4, 0.5) is 0 Å². The van der Waals surface area contributed by atoms with Crippen molar-refractivity contribution in [2.45, 2.75) is 39.8 Å². The smallest absolute Gasteiger partial charge is 0.290 e. The van der Waals surface area contributed by atoms with Crippen LogP contribution >= 0.6 is 0 Å². The van der Waals surface area contributed by atoms with Crippen LogP contribution in [0.25, 0.3) is 11.0 Å². The van der Waals surface area contributed by atoms with E-state index < -0.39 is 6.04 Å². The minimum absolute atomic E-state index is 0.0682. The molecule has 1 aliphatic rings. The molecule has 0 saturated carbocycles. The summed E-state index contributed by atoms with van der Waals surface area (Å²) < 4.78 is 11.8. The van der Waals surface area contributed by atoms with Crippen LogP contribution < -0.4 is 10.2 Å². The van der Waals surface area contributed by atoms with Gasteiger partial charge in [0.05, 0.1) is 23.1 Å². The first-order chi connectivity index (χ1) is 15.4. The van der Waals surface area contributed by atoms with Crippen LogP contribution in [0, 0.1) is 0 Å². The van der Waals surface area contributed by atoms with Crippen molar-refractivity contribution in [3.63, 3.8) is 0 Å². The second kappa shape index (κ2) is 9.17. The monoisotopic (exact) mass is 434 g/mol. The van der Waals surface area contributed by atoms with Gasteiger partial charge in [0.25, 0.3) is 5.91 Å². The minimum atomic E-state index is -0.484. The first kappa shape index (κ1) is 22.1. The molecular formula is C26H30N2O4. The van der Waals surface area contributed by atoms with Crippen molar-refractivity contribution < 1.29 is 13.9 Å². The first-order valence-corrected chi connectivity index (χ1v) is 11.3. The second-order valence-corrected chi connectivity index (χ2v) is 8.33. The molecule has 1 atom stereocenters. The normalized spacial score (nSPS) is 15.8. The summed E-state index contributed by atoms with van der Waals surface area (Å²) in [5, 5.41) is 0.495. The second-order valence-electron chi connectivity index (χ2n) is 8.33. The van der Waals surface area contributed by atoms with Crippen LogP contribution in [0.5, 0.6) is 5.75 Å². The zero-order valence-corrected chi connectivity index (χ0v) is 19.1. The Kier molecular flexibility index (Phi) is 6.33. The third-order valence-electron chi connectivity index (χ3n) is 5.99. The molecule has 0 saturated heterocycles. The third-order valence-corrected chi connectivity index (χ3v) is 5.99. The number of hydrogen-bond donors (Lipinski definition) is 0. The predicted octanol–water partition coefficient (Wildman–Crippen LogP) is 4.47. The fraction of sp³-hybridized carbons (Fsp3) is 0.385. The zero-order valence-electron chi connectivity index (χ0n) is 19.1. The van der Waals surface area contributed by atoms with Gasteiger partial charge in [-0.05, 0) is 56.8 Å². The standard InChI is InChI=1S/C26H30N2O4/c1-5-27(6-2)15-16-28-23(18-11-13-19(14-12-18)31-17(3)4)22-24(29)20-9-7-8-10-21(20)32-25(22)26(28)30/h7-14,17,23H,5-6,15-16H2,1-4H3/t23-/m0/s1. The number of amides is 1. The number of carbonyl (C=O) groups excluding carboxylic acids is 1. The van der Waals surface area contributed by atoms with E-state index >= 15 is 0 Å². The van der Waals surface area contributed by atoms with E-state index in [1.165, 1.54) is 0 Å². The molecule has 0 fully saturated rings. The highest BCUT2D eigenvalue weighted by molar-refractivity contribution is 5.99.